The topological polar surface area (TPSA) is 111 Å². The highest BCUT2D eigenvalue weighted by molar-refractivity contribution is 5.94. The smallest absolute Gasteiger partial charge is 0.272 e. The van der Waals surface area contributed by atoms with Crippen LogP contribution in [0.2, 0.25) is 0 Å². The van der Waals surface area contributed by atoms with Gasteiger partial charge in [0.1, 0.15) is 40.5 Å². The molecule has 4 heterocycles. The lowest BCUT2D eigenvalue weighted by Gasteiger charge is -2.35. The molecule has 0 radical (unpaired) electrons. The highest BCUT2D eigenvalue weighted by Crippen LogP contribution is 2.33. The molecular weight excluding hydrogens is 496 g/mol. The maximum Gasteiger partial charge on any atom is 0.272 e. The lowest BCUT2D eigenvalue weighted by atomic mass is 10.1. The molecule has 1 N–H and O–H groups in total. The molecule has 4 aromatic rings. The van der Waals surface area contributed by atoms with E-state index in [1.54, 1.807) is 38.2 Å². The molecule has 3 aromatic heterocycles. The monoisotopic (exact) mass is 528 g/mol. The quantitative estimate of drug-likeness (QED) is 0.385. The average Bonchev–Trinajstić information content (AvgIpc) is 3.33. The van der Waals surface area contributed by atoms with Crippen molar-refractivity contribution >= 4 is 23.4 Å². The van der Waals surface area contributed by atoms with Gasteiger partial charge in [-0.05, 0) is 55.8 Å². The number of nitrogens with zero attached hydrogens (tertiary/aromatic N) is 7. The SMILES string of the molecule is COc1ccc(OC)c(-c2cc(C(=O)N3CCN(c4cc(Nc5cc(C)ccn5)nc(C)n4)CC3)n(C)n2)c1. The molecule has 202 valence electrons. The predicted molar refractivity (Wildman–Crippen MR) is 149 cm³/mol. The number of nitrogens with one attached hydrogen (secondary N) is 1. The van der Waals surface area contributed by atoms with Crippen molar-refractivity contribution < 1.29 is 14.3 Å². The molecular formula is C28H32N8O3. The van der Waals surface area contributed by atoms with E-state index in [4.69, 9.17) is 9.47 Å². The first kappa shape index (κ1) is 26.0. The summed E-state index contributed by atoms with van der Waals surface area (Å²) in [4.78, 5) is 31.0. The van der Waals surface area contributed by atoms with Crippen LogP contribution >= 0.6 is 0 Å². The second-order valence-electron chi connectivity index (χ2n) is 9.39. The van der Waals surface area contributed by atoms with Crippen molar-refractivity contribution in [1.82, 2.24) is 29.6 Å². The van der Waals surface area contributed by atoms with Crippen molar-refractivity contribution in [3.05, 3.63) is 65.7 Å². The van der Waals surface area contributed by atoms with Crippen LogP contribution in [0.1, 0.15) is 21.9 Å². The van der Waals surface area contributed by atoms with Gasteiger partial charge in [0, 0.05) is 51.1 Å². The van der Waals surface area contributed by atoms with Crippen LogP contribution in [0.4, 0.5) is 17.5 Å². The number of aryl methyl sites for hydroxylation is 3. The van der Waals surface area contributed by atoms with Crippen LogP contribution < -0.4 is 19.7 Å². The van der Waals surface area contributed by atoms with E-state index in [-0.39, 0.29) is 5.91 Å². The third-order valence-electron chi connectivity index (χ3n) is 6.67. The van der Waals surface area contributed by atoms with E-state index in [9.17, 15) is 4.79 Å². The first-order chi connectivity index (χ1) is 18.8. The van der Waals surface area contributed by atoms with Crippen LogP contribution in [-0.2, 0) is 7.05 Å². The minimum atomic E-state index is -0.0653. The zero-order chi connectivity index (χ0) is 27.5. The van der Waals surface area contributed by atoms with Crippen LogP contribution in [0.3, 0.4) is 0 Å². The fraction of sp³-hybridized carbons (Fsp3) is 0.321. The van der Waals surface area contributed by atoms with Gasteiger partial charge in [-0.15, -0.1) is 0 Å². The second-order valence-corrected chi connectivity index (χ2v) is 9.39. The van der Waals surface area contributed by atoms with Crippen molar-refractivity contribution in [2.24, 2.45) is 7.05 Å². The Kier molecular flexibility index (Phi) is 7.31. The lowest BCUT2D eigenvalue weighted by Crippen LogP contribution is -2.49. The number of carbonyl (C=O) groups excluding carboxylic acids is 1. The number of hydrogen-bond acceptors (Lipinski definition) is 9. The van der Waals surface area contributed by atoms with Crippen LogP contribution in [0.25, 0.3) is 11.3 Å². The Morgan fingerprint density at radius 1 is 0.923 bits per heavy atom. The van der Waals surface area contributed by atoms with E-state index in [1.807, 2.05) is 55.1 Å². The lowest BCUT2D eigenvalue weighted by molar-refractivity contribution is 0.0735. The Morgan fingerprint density at radius 2 is 1.72 bits per heavy atom. The Labute approximate surface area is 227 Å². The molecule has 0 spiro atoms. The molecule has 1 saturated heterocycles. The summed E-state index contributed by atoms with van der Waals surface area (Å²) in [5, 5.41) is 7.87. The highest BCUT2D eigenvalue weighted by atomic mass is 16.5. The van der Waals surface area contributed by atoms with E-state index in [0.29, 0.717) is 60.7 Å². The summed E-state index contributed by atoms with van der Waals surface area (Å²) in [7, 11) is 5.00. The molecule has 0 atom stereocenters. The van der Waals surface area contributed by atoms with Gasteiger partial charge in [-0.3, -0.25) is 9.48 Å². The molecule has 1 fully saturated rings. The molecule has 5 rings (SSSR count). The molecule has 0 saturated carbocycles. The van der Waals surface area contributed by atoms with E-state index in [0.717, 1.165) is 22.8 Å². The Bertz CT molecular complexity index is 1490. The van der Waals surface area contributed by atoms with Gasteiger partial charge in [0.25, 0.3) is 5.91 Å². The van der Waals surface area contributed by atoms with Gasteiger partial charge in [-0.25, -0.2) is 15.0 Å². The molecule has 11 nitrogen and oxygen atoms in total. The summed E-state index contributed by atoms with van der Waals surface area (Å²) in [5.74, 6) is 4.18. The molecule has 11 heteroatoms. The van der Waals surface area contributed by atoms with Crippen LogP contribution in [-0.4, -0.2) is 75.9 Å². The maximum absolute atomic E-state index is 13.5. The fourth-order valence-corrected chi connectivity index (χ4v) is 4.63. The van der Waals surface area contributed by atoms with Crippen LogP contribution in [0, 0.1) is 13.8 Å². The van der Waals surface area contributed by atoms with Crippen molar-refractivity contribution in [3.8, 4) is 22.8 Å². The highest BCUT2D eigenvalue weighted by Gasteiger charge is 2.26. The summed E-state index contributed by atoms with van der Waals surface area (Å²) in [6, 6.07) is 13.2. The molecule has 39 heavy (non-hydrogen) atoms. The number of pyridine rings is 1. The van der Waals surface area contributed by atoms with E-state index in [2.05, 4.69) is 30.3 Å². The molecule has 1 aliphatic heterocycles. The summed E-state index contributed by atoms with van der Waals surface area (Å²) >= 11 is 0. The van der Waals surface area contributed by atoms with Crippen molar-refractivity contribution in [3.63, 3.8) is 0 Å². The molecule has 0 unspecified atom stereocenters. The number of ether oxygens (including phenoxy) is 2. The van der Waals surface area contributed by atoms with Gasteiger partial charge in [0.2, 0.25) is 0 Å². The number of carbonyl (C=O) groups is 1. The number of hydrogen-bond donors (Lipinski definition) is 1. The van der Waals surface area contributed by atoms with Gasteiger partial charge < -0.3 is 24.6 Å². The van der Waals surface area contributed by atoms with Gasteiger partial charge in [0.05, 0.1) is 19.9 Å². The zero-order valence-electron chi connectivity index (χ0n) is 22.8. The standard InChI is InChI=1S/C28H32N8O3/c1-18-8-9-29-25(14-18)32-26-17-27(31-19(2)30-26)35-10-12-36(13-11-35)28(37)23-16-22(33-34(23)3)21-15-20(38-4)6-7-24(21)39-5/h6-9,14-17H,10-13H2,1-5H3,(H,29,30,31,32). The number of aromatic nitrogens is 5. The first-order valence-electron chi connectivity index (χ1n) is 12.7. The Morgan fingerprint density at radius 3 is 2.44 bits per heavy atom. The van der Waals surface area contributed by atoms with Crippen LogP contribution in [0.5, 0.6) is 11.5 Å². The van der Waals surface area contributed by atoms with Gasteiger partial charge in [-0.2, -0.15) is 5.10 Å². The third-order valence-corrected chi connectivity index (χ3v) is 6.67. The first-order valence-corrected chi connectivity index (χ1v) is 12.7. The van der Waals surface area contributed by atoms with E-state index < -0.39 is 0 Å². The number of rotatable bonds is 7. The number of benzene rings is 1. The molecule has 0 aliphatic carbocycles. The summed E-state index contributed by atoms with van der Waals surface area (Å²) in [6.07, 6.45) is 1.77. The zero-order valence-corrected chi connectivity index (χ0v) is 22.8. The van der Waals surface area contributed by atoms with Crippen molar-refractivity contribution in [1.29, 1.82) is 0 Å². The Hall–Kier alpha value is -4.67. The van der Waals surface area contributed by atoms with Gasteiger partial charge in [0.15, 0.2) is 0 Å². The number of anilines is 3. The van der Waals surface area contributed by atoms with Crippen LogP contribution in [0.15, 0.2) is 48.7 Å². The largest absolute Gasteiger partial charge is 0.497 e. The molecule has 1 amide bonds. The molecule has 1 aliphatic rings. The minimum absolute atomic E-state index is 0.0653. The minimum Gasteiger partial charge on any atom is -0.497 e. The number of piperazine rings is 1. The molecule has 0 bridgehead atoms. The van der Waals surface area contributed by atoms with Gasteiger partial charge in [-0.1, -0.05) is 0 Å². The fourth-order valence-electron chi connectivity index (χ4n) is 4.63. The van der Waals surface area contributed by atoms with Gasteiger partial charge >= 0.3 is 0 Å². The number of methoxy groups -OCH3 is 2. The number of amides is 1. The Balaban J connectivity index is 1.28. The summed E-state index contributed by atoms with van der Waals surface area (Å²) in [5.41, 5.74) is 3.04. The predicted octanol–water partition coefficient (Wildman–Crippen LogP) is 3.61. The third kappa shape index (κ3) is 5.62. The maximum atomic E-state index is 13.5. The normalized spacial score (nSPS) is 13.4. The van der Waals surface area contributed by atoms with E-state index >= 15 is 0 Å². The molecule has 1 aromatic carbocycles. The van der Waals surface area contributed by atoms with Crippen molar-refractivity contribution in [2.75, 3.05) is 50.6 Å². The second kappa shape index (κ2) is 11.0. The summed E-state index contributed by atoms with van der Waals surface area (Å²) < 4.78 is 12.5. The average molecular weight is 529 g/mol. The van der Waals surface area contributed by atoms with E-state index in [1.165, 1.54) is 0 Å². The van der Waals surface area contributed by atoms with Crippen molar-refractivity contribution in [2.45, 2.75) is 13.8 Å². The summed E-state index contributed by atoms with van der Waals surface area (Å²) in [6.45, 7) is 6.32.